The zero-order chi connectivity index (χ0) is 20.6. The first-order valence-electron chi connectivity index (χ1n) is 9.57. The number of carbonyl (C=O) groups is 2. The van der Waals surface area contributed by atoms with Crippen LogP contribution in [-0.4, -0.2) is 11.9 Å². The van der Waals surface area contributed by atoms with Gasteiger partial charge in [0.2, 0.25) is 6.10 Å². The predicted molar refractivity (Wildman–Crippen MR) is 108 cm³/mol. The minimum atomic E-state index is -1.16. The summed E-state index contributed by atoms with van der Waals surface area (Å²) in [7, 11) is 0. The molecule has 0 bridgehead atoms. The molecule has 5 nitrogen and oxygen atoms in total. The maximum Gasteiger partial charge on any atom is 0.352 e. The summed E-state index contributed by atoms with van der Waals surface area (Å²) in [6, 6.07) is 19.5. The lowest BCUT2D eigenvalue weighted by Gasteiger charge is -2.17. The molecule has 29 heavy (non-hydrogen) atoms. The van der Waals surface area contributed by atoms with Gasteiger partial charge in [-0.05, 0) is 42.2 Å². The molecule has 5 heteroatoms. The number of hydrogen-bond acceptors (Lipinski definition) is 5. The Bertz CT molecular complexity index is 912. The Morgan fingerprint density at radius 1 is 0.931 bits per heavy atom. The first-order chi connectivity index (χ1) is 14.0. The molecule has 3 aromatic rings. The van der Waals surface area contributed by atoms with Gasteiger partial charge in [0, 0.05) is 5.56 Å². The van der Waals surface area contributed by atoms with Crippen LogP contribution in [0.15, 0.2) is 77.4 Å². The molecule has 0 saturated heterocycles. The Balaban J connectivity index is 1.72. The van der Waals surface area contributed by atoms with E-state index in [1.54, 1.807) is 48.5 Å². The summed E-state index contributed by atoms with van der Waals surface area (Å²) in [5.74, 6) is -0.196. The highest BCUT2D eigenvalue weighted by Gasteiger charge is 2.27. The van der Waals surface area contributed by atoms with Gasteiger partial charge in [-0.3, -0.25) is 0 Å². The fourth-order valence-corrected chi connectivity index (χ4v) is 2.92. The van der Waals surface area contributed by atoms with Gasteiger partial charge in [-0.25, -0.2) is 9.59 Å². The molecule has 0 amide bonds. The van der Waals surface area contributed by atoms with Gasteiger partial charge < -0.3 is 13.9 Å². The number of benzene rings is 2. The lowest BCUT2D eigenvalue weighted by Crippen LogP contribution is -2.22. The summed E-state index contributed by atoms with van der Waals surface area (Å²) in [5, 5.41) is 0. The van der Waals surface area contributed by atoms with E-state index in [-0.39, 0.29) is 6.61 Å². The van der Waals surface area contributed by atoms with E-state index in [0.29, 0.717) is 22.8 Å². The molecule has 3 rings (SSSR count). The van der Waals surface area contributed by atoms with Gasteiger partial charge in [0.1, 0.15) is 12.4 Å². The molecule has 0 aliphatic rings. The average molecular weight is 392 g/mol. The average Bonchev–Trinajstić information content (AvgIpc) is 3.24. The maximum atomic E-state index is 12.7. The molecule has 150 valence electrons. The summed E-state index contributed by atoms with van der Waals surface area (Å²) in [4.78, 5) is 25.3. The van der Waals surface area contributed by atoms with Gasteiger partial charge in [-0.15, -0.1) is 0 Å². The molecule has 0 fully saturated rings. The Kier molecular flexibility index (Phi) is 6.85. The van der Waals surface area contributed by atoms with Crippen LogP contribution >= 0.6 is 0 Å². The van der Waals surface area contributed by atoms with Gasteiger partial charge in [0.15, 0.2) is 0 Å². The quantitative estimate of drug-likeness (QED) is 0.498. The van der Waals surface area contributed by atoms with Crippen LogP contribution in [-0.2, 0) is 27.3 Å². The molecule has 0 saturated carbocycles. The third-order valence-electron chi connectivity index (χ3n) is 4.31. The molecule has 0 N–H and O–H groups in total. The van der Waals surface area contributed by atoms with E-state index in [0.717, 1.165) is 12.0 Å². The standard InChI is InChI=1S/C24H24O5/c1-17(2)15-18-10-12-20(13-11-18)23(25)29-22(19-7-4-3-5-8-19)24(26)28-16-21-9-6-14-27-21/h3-14,17,22H,15-16H2,1-2H3. The fourth-order valence-electron chi connectivity index (χ4n) is 2.92. The number of ether oxygens (including phenoxy) is 2. The van der Waals surface area contributed by atoms with Crippen LogP contribution in [0.25, 0.3) is 0 Å². The minimum absolute atomic E-state index is 0.0311. The monoisotopic (exact) mass is 392 g/mol. The highest BCUT2D eigenvalue weighted by Crippen LogP contribution is 2.22. The van der Waals surface area contributed by atoms with Crippen LogP contribution in [0.3, 0.4) is 0 Å². The number of rotatable bonds is 8. The molecule has 1 heterocycles. The van der Waals surface area contributed by atoms with E-state index in [9.17, 15) is 9.59 Å². The van der Waals surface area contributed by atoms with Crippen LogP contribution in [0.2, 0.25) is 0 Å². The Hall–Kier alpha value is -3.34. The van der Waals surface area contributed by atoms with E-state index in [4.69, 9.17) is 13.9 Å². The molecule has 1 aromatic heterocycles. The molecule has 1 unspecified atom stereocenters. The van der Waals surface area contributed by atoms with Crippen molar-refractivity contribution in [2.45, 2.75) is 33.0 Å². The predicted octanol–water partition coefficient (Wildman–Crippen LogP) is 5.12. The van der Waals surface area contributed by atoms with Gasteiger partial charge in [0.25, 0.3) is 0 Å². The Labute approximate surface area is 170 Å². The molecule has 0 spiro atoms. The normalized spacial score (nSPS) is 11.8. The van der Waals surface area contributed by atoms with E-state index in [1.807, 2.05) is 18.2 Å². The zero-order valence-electron chi connectivity index (χ0n) is 16.5. The van der Waals surface area contributed by atoms with Crippen LogP contribution < -0.4 is 0 Å². The summed E-state index contributed by atoms with van der Waals surface area (Å²) < 4.78 is 16.0. The van der Waals surface area contributed by atoms with E-state index in [2.05, 4.69) is 13.8 Å². The molecule has 0 aliphatic carbocycles. The zero-order valence-corrected chi connectivity index (χ0v) is 16.5. The van der Waals surface area contributed by atoms with Crippen LogP contribution in [0.4, 0.5) is 0 Å². The van der Waals surface area contributed by atoms with Crippen molar-refractivity contribution in [3.05, 3.63) is 95.4 Å². The third-order valence-corrected chi connectivity index (χ3v) is 4.31. The van der Waals surface area contributed by atoms with Crippen molar-refractivity contribution >= 4 is 11.9 Å². The van der Waals surface area contributed by atoms with Crippen molar-refractivity contribution < 1.29 is 23.5 Å². The molecular formula is C24H24O5. The molecule has 2 aromatic carbocycles. The fraction of sp³-hybridized carbons (Fsp3) is 0.250. The van der Waals surface area contributed by atoms with E-state index >= 15 is 0 Å². The maximum absolute atomic E-state index is 12.7. The number of esters is 2. The van der Waals surface area contributed by atoms with Gasteiger partial charge in [-0.2, -0.15) is 0 Å². The lowest BCUT2D eigenvalue weighted by atomic mass is 10.0. The molecule has 0 radical (unpaired) electrons. The first-order valence-corrected chi connectivity index (χ1v) is 9.57. The van der Waals surface area contributed by atoms with E-state index < -0.39 is 18.0 Å². The van der Waals surface area contributed by atoms with Gasteiger partial charge in [-0.1, -0.05) is 56.3 Å². The lowest BCUT2D eigenvalue weighted by molar-refractivity contribution is -0.156. The molecular weight excluding hydrogens is 368 g/mol. The van der Waals surface area contributed by atoms with Crippen molar-refractivity contribution in [1.82, 2.24) is 0 Å². The second-order valence-corrected chi connectivity index (χ2v) is 7.18. The van der Waals surface area contributed by atoms with Crippen LogP contribution in [0.1, 0.15) is 47.2 Å². The second-order valence-electron chi connectivity index (χ2n) is 7.18. The van der Waals surface area contributed by atoms with Crippen LogP contribution in [0, 0.1) is 5.92 Å². The summed E-state index contributed by atoms with van der Waals surface area (Å²) >= 11 is 0. The first kappa shape index (κ1) is 20.4. The van der Waals surface area contributed by atoms with Crippen molar-refractivity contribution in [3.8, 4) is 0 Å². The van der Waals surface area contributed by atoms with Gasteiger partial charge >= 0.3 is 11.9 Å². The molecule has 1 atom stereocenters. The smallest absolute Gasteiger partial charge is 0.352 e. The van der Waals surface area contributed by atoms with Crippen molar-refractivity contribution in [1.29, 1.82) is 0 Å². The van der Waals surface area contributed by atoms with Crippen LogP contribution in [0.5, 0.6) is 0 Å². The highest BCUT2D eigenvalue weighted by atomic mass is 16.6. The SMILES string of the molecule is CC(C)Cc1ccc(C(=O)OC(C(=O)OCc2ccco2)c2ccccc2)cc1. The second kappa shape index (κ2) is 9.73. The van der Waals surface area contributed by atoms with E-state index in [1.165, 1.54) is 6.26 Å². The Morgan fingerprint density at radius 2 is 1.66 bits per heavy atom. The van der Waals surface area contributed by atoms with Crippen molar-refractivity contribution in [2.75, 3.05) is 0 Å². The summed E-state index contributed by atoms with van der Waals surface area (Å²) in [6.45, 7) is 4.25. The minimum Gasteiger partial charge on any atom is -0.466 e. The Morgan fingerprint density at radius 3 is 2.28 bits per heavy atom. The summed E-state index contributed by atoms with van der Waals surface area (Å²) in [6.07, 6.45) is 1.27. The topological polar surface area (TPSA) is 65.7 Å². The van der Waals surface area contributed by atoms with Gasteiger partial charge in [0.05, 0.1) is 11.8 Å². The third kappa shape index (κ3) is 5.82. The number of furan rings is 1. The highest BCUT2D eigenvalue weighted by molar-refractivity contribution is 5.91. The molecule has 0 aliphatic heterocycles. The number of hydrogen-bond donors (Lipinski definition) is 0. The van der Waals surface area contributed by atoms with Crippen molar-refractivity contribution in [3.63, 3.8) is 0 Å². The summed E-state index contributed by atoms with van der Waals surface area (Å²) in [5.41, 5.74) is 2.08. The largest absolute Gasteiger partial charge is 0.466 e. The number of carbonyl (C=O) groups excluding carboxylic acids is 2. The van der Waals surface area contributed by atoms with Crippen molar-refractivity contribution in [2.24, 2.45) is 5.92 Å².